The summed E-state index contributed by atoms with van der Waals surface area (Å²) in [6.45, 7) is 0. The van der Waals surface area contributed by atoms with Crippen LogP contribution in [0.4, 0.5) is 5.82 Å². The molecule has 5 heteroatoms. The predicted molar refractivity (Wildman–Crippen MR) is 81.8 cm³/mol. The number of carbonyl (C=O) groups is 1. The maximum atomic E-state index is 11.4. The Morgan fingerprint density at radius 3 is 3.00 bits per heavy atom. The lowest BCUT2D eigenvalue weighted by Crippen LogP contribution is -2.20. The number of hydrogen-bond acceptors (Lipinski definition) is 4. The summed E-state index contributed by atoms with van der Waals surface area (Å²) in [6.07, 6.45) is 8.56. The van der Waals surface area contributed by atoms with Gasteiger partial charge in [0.05, 0.1) is 0 Å². The summed E-state index contributed by atoms with van der Waals surface area (Å²) >= 11 is 1.90. The van der Waals surface area contributed by atoms with Gasteiger partial charge in [-0.25, -0.2) is 9.78 Å². The van der Waals surface area contributed by atoms with Gasteiger partial charge in [0.15, 0.2) is 0 Å². The lowest BCUT2D eigenvalue weighted by atomic mass is 10.1. The number of aromatic nitrogens is 1. The minimum absolute atomic E-state index is 0.332. The van der Waals surface area contributed by atoms with Crippen LogP contribution in [0.15, 0.2) is 6.07 Å². The third-order valence-corrected chi connectivity index (χ3v) is 5.43. The summed E-state index contributed by atoms with van der Waals surface area (Å²) in [4.78, 5) is 16.0. The molecular formula is C15H20N2O2S. The maximum absolute atomic E-state index is 11.4. The van der Waals surface area contributed by atoms with Crippen molar-refractivity contribution < 1.29 is 9.90 Å². The third-order valence-electron chi connectivity index (χ3n) is 4.34. The Labute approximate surface area is 123 Å². The Morgan fingerprint density at radius 2 is 2.30 bits per heavy atom. The van der Waals surface area contributed by atoms with Gasteiger partial charge in [-0.1, -0.05) is 0 Å². The molecule has 2 N–H and O–H groups in total. The van der Waals surface area contributed by atoms with Crippen molar-refractivity contribution in [3.8, 4) is 0 Å². The van der Waals surface area contributed by atoms with Crippen molar-refractivity contribution in [1.82, 2.24) is 4.98 Å². The van der Waals surface area contributed by atoms with Crippen LogP contribution in [-0.2, 0) is 12.8 Å². The minimum Gasteiger partial charge on any atom is -0.478 e. The van der Waals surface area contributed by atoms with Crippen molar-refractivity contribution in [3.05, 3.63) is 22.9 Å². The van der Waals surface area contributed by atoms with Crippen molar-refractivity contribution in [2.75, 3.05) is 11.6 Å². The van der Waals surface area contributed by atoms with Crippen LogP contribution in [0.1, 0.15) is 47.3 Å². The molecule has 1 aromatic rings. The van der Waals surface area contributed by atoms with E-state index in [9.17, 15) is 9.90 Å². The van der Waals surface area contributed by atoms with Gasteiger partial charge in [-0.05, 0) is 56.4 Å². The number of pyridine rings is 1. The van der Waals surface area contributed by atoms with Gasteiger partial charge in [-0.2, -0.15) is 11.8 Å². The Bertz CT molecular complexity index is 533. The molecular weight excluding hydrogens is 272 g/mol. The molecule has 2 atom stereocenters. The van der Waals surface area contributed by atoms with Gasteiger partial charge >= 0.3 is 5.97 Å². The minimum atomic E-state index is -0.880. The normalized spacial score (nSPS) is 24.6. The van der Waals surface area contributed by atoms with Gasteiger partial charge in [0.2, 0.25) is 0 Å². The molecule has 3 rings (SSSR count). The van der Waals surface area contributed by atoms with E-state index in [0.717, 1.165) is 43.4 Å². The second-order valence-electron chi connectivity index (χ2n) is 5.66. The molecule has 0 saturated heterocycles. The monoisotopic (exact) mass is 292 g/mol. The van der Waals surface area contributed by atoms with E-state index in [1.54, 1.807) is 0 Å². The van der Waals surface area contributed by atoms with Crippen LogP contribution >= 0.6 is 11.8 Å². The van der Waals surface area contributed by atoms with Crippen LogP contribution in [0.3, 0.4) is 0 Å². The smallest absolute Gasteiger partial charge is 0.339 e. The molecule has 1 saturated carbocycles. The molecule has 1 heterocycles. The van der Waals surface area contributed by atoms with Crippen LogP contribution in [0, 0.1) is 0 Å². The number of anilines is 1. The number of aromatic carboxylic acids is 1. The molecule has 108 valence electrons. The number of nitrogens with one attached hydrogen (secondary N) is 1. The van der Waals surface area contributed by atoms with Gasteiger partial charge in [-0.3, -0.25) is 0 Å². The molecule has 2 unspecified atom stereocenters. The van der Waals surface area contributed by atoms with E-state index in [0.29, 0.717) is 22.7 Å². The topological polar surface area (TPSA) is 62.2 Å². The van der Waals surface area contributed by atoms with Crippen LogP contribution < -0.4 is 5.32 Å². The molecule has 1 fully saturated rings. The van der Waals surface area contributed by atoms with Gasteiger partial charge in [0.1, 0.15) is 11.4 Å². The summed E-state index contributed by atoms with van der Waals surface area (Å²) in [5, 5.41) is 13.5. The van der Waals surface area contributed by atoms with Crippen molar-refractivity contribution in [2.45, 2.75) is 49.8 Å². The average molecular weight is 292 g/mol. The first-order valence-electron chi connectivity index (χ1n) is 7.23. The number of hydrogen-bond donors (Lipinski definition) is 2. The molecule has 0 aliphatic heterocycles. The van der Waals surface area contributed by atoms with E-state index in [2.05, 4.69) is 16.6 Å². The highest BCUT2D eigenvalue weighted by Gasteiger charge is 2.26. The standard InChI is InChI=1S/C15H20N2O2S/c1-20-11-6-5-10(8-11)16-14-12(15(18)19)7-9-3-2-4-13(9)17-14/h7,10-11H,2-6,8H2,1H3,(H,16,17)(H,18,19). The molecule has 1 aromatic heterocycles. The van der Waals surface area contributed by atoms with Crippen molar-refractivity contribution in [1.29, 1.82) is 0 Å². The Balaban J connectivity index is 1.83. The number of nitrogens with zero attached hydrogens (tertiary/aromatic N) is 1. The van der Waals surface area contributed by atoms with E-state index in [1.165, 1.54) is 6.42 Å². The van der Waals surface area contributed by atoms with Crippen LogP contribution in [0.5, 0.6) is 0 Å². The summed E-state index contributed by atoms with van der Waals surface area (Å²) in [6, 6.07) is 2.18. The maximum Gasteiger partial charge on any atom is 0.339 e. The zero-order valence-corrected chi connectivity index (χ0v) is 12.5. The van der Waals surface area contributed by atoms with Crippen LogP contribution in [-0.4, -0.2) is 33.6 Å². The predicted octanol–water partition coefficient (Wildman–Crippen LogP) is 2.96. The van der Waals surface area contributed by atoms with Crippen molar-refractivity contribution in [2.24, 2.45) is 0 Å². The summed E-state index contributed by atoms with van der Waals surface area (Å²) < 4.78 is 0. The summed E-state index contributed by atoms with van der Waals surface area (Å²) in [5.74, 6) is -0.306. The fourth-order valence-corrected chi connectivity index (χ4v) is 4.02. The largest absolute Gasteiger partial charge is 0.478 e. The molecule has 0 aromatic carbocycles. The zero-order chi connectivity index (χ0) is 14.1. The van der Waals surface area contributed by atoms with Gasteiger partial charge in [-0.15, -0.1) is 0 Å². The number of carboxylic acid groups (broad SMARTS) is 1. The average Bonchev–Trinajstić information content (AvgIpc) is 3.05. The number of thioether (sulfide) groups is 1. The fourth-order valence-electron chi connectivity index (χ4n) is 3.22. The first kappa shape index (κ1) is 13.7. The van der Waals surface area contributed by atoms with E-state index in [1.807, 2.05) is 17.8 Å². The number of carboxylic acids is 1. The fraction of sp³-hybridized carbons (Fsp3) is 0.600. The molecule has 20 heavy (non-hydrogen) atoms. The van der Waals surface area contributed by atoms with Gasteiger partial charge in [0, 0.05) is 17.0 Å². The zero-order valence-electron chi connectivity index (χ0n) is 11.7. The first-order chi connectivity index (χ1) is 9.67. The molecule has 0 amide bonds. The Hall–Kier alpha value is -1.23. The van der Waals surface area contributed by atoms with Crippen molar-refractivity contribution >= 4 is 23.5 Å². The molecule has 4 nitrogen and oxygen atoms in total. The Morgan fingerprint density at radius 1 is 1.45 bits per heavy atom. The highest BCUT2D eigenvalue weighted by Crippen LogP contribution is 2.32. The van der Waals surface area contributed by atoms with Gasteiger partial charge in [0.25, 0.3) is 0 Å². The van der Waals surface area contributed by atoms with E-state index in [4.69, 9.17) is 0 Å². The van der Waals surface area contributed by atoms with Crippen molar-refractivity contribution in [3.63, 3.8) is 0 Å². The second-order valence-corrected chi connectivity index (χ2v) is 6.80. The van der Waals surface area contributed by atoms with Gasteiger partial charge < -0.3 is 10.4 Å². The van der Waals surface area contributed by atoms with Crippen LogP contribution in [0.2, 0.25) is 0 Å². The number of fused-ring (bicyclic) bond motifs is 1. The highest BCUT2D eigenvalue weighted by molar-refractivity contribution is 7.99. The van der Waals surface area contributed by atoms with E-state index < -0.39 is 5.97 Å². The highest BCUT2D eigenvalue weighted by atomic mass is 32.2. The molecule has 2 aliphatic rings. The van der Waals surface area contributed by atoms with Crippen LogP contribution in [0.25, 0.3) is 0 Å². The lowest BCUT2D eigenvalue weighted by molar-refractivity contribution is 0.0697. The lowest BCUT2D eigenvalue weighted by Gasteiger charge is -2.16. The summed E-state index contributed by atoms with van der Waals surface area (Å²) in [7, 11) is 0. The SMILES string of the molecule is CSC1CCC(Nc2nc3c(cc2C(=O)O)CCC3)C1. The third kappa shape index (κ3) is 2.64. The molecule has 0 radical (unpaired) electrons. The molecule has 2 aliphatic carbocycles. The number of aryl methyl sites for hydroxylation is 2. The molecule has 0 spiro atoms. The second kappa shape index (κ2) is 5.64. The Kier molecular flexibility index (Phi) is 3.87. The number of rotatable bonds is 4. The van der Waals surface area contributed by atoms with E-state index >= 15 is 0 Å². The summed E-state index contributed by atoms with van der Waals surface area (Å²) in [5.41, 5.74) is 2.52. The molecule has 0 bridgehead atoms. The first-order valence-corrected chi connectivity index (χ1v) is 8.51. The van der Waals surface area contributed by atoms with E-state index in [-0.39, 0.29) is 0 Å². The quantitative estimate of drug-likeness (QED) is 0.893.